The molecule has 33 heavy (non-hydrogen) atoms. The molecule has 0 amide bonds. The van der Waals surface area contributed by atoms with Gasteiger partial charge in [0.25, 0.3) is 0 Å². The van der Waals surface area contributed by atoms with Gasteiger partial charge in [-0.15, -0.1) is 0 Å². The molecule has 1 aromatic carbocycles. The molecule has 2 heterocycles. The molecule has 4 N–H and O–H groups in total. The monoisotopic (exact) mass is 503 g/mol. The summed E-state index contributed by atoms with van der Waals surface area (Å²) in [5.74, 6) is -3.41. The number of aliphatic hydroxyl groups is 1. The molecule has 0 bridgehead atoms. The summed E-state index contributed by atoms with van der Waals surface area (Å²) >= 11 is 11.9. The highest BCUT2D eigenvalue weighted by molar-refractivity contribution is 6.42. The van der Waals surface area contributed by atoms with Crippen LogP contribution in [0.3, 0.4) is 0 Å². The third kappa shape index (κ3) is 7.64. The maximum atomic E-state index is 10.3. The SMILES string of the molecule is CN1CCC(Oc2ccc(Cl)c(Cl)c2)c2occc2C1.O=C(O)CC(O)(CC(=O)O)C(=O)O. The van der Waals surface area contributed by atoms with Gasteiger partial charge in [0.05, 0.1) is 29.2 Å². The number of aliphatic carboxylic acids is 3. The molecule has 1 aliphatic rings. The van der Waals surface area contributed by atoms with E-state index in [9.17, 15) is 14.4 Å². The van der Waals surface area contributed by atoms with Crippen LogP contribution in [0.4, 0.5) is 0 Å². The van der Waals surface area contributed by atoms with Crippen LogP contribution in [-0.4, -0.2) is 62.4 Å². The van der Waals surface area contributed by atoms with E-state index in [1.165, 1.54) is 5.56 Å². The number of nitrogens with zero attached hydrogens (tertiary/aromatic N) is 1. The second kappa shape index (κ2) is 11.4. The van der Waals surface area contributed by atoms with Gasteiger partial charge in [-0.1, -0.05) is 23.2 Å². The normalized spacial score (nSPS) is 16.1. The molecule has 1 aromatic heterocycles. The predicted molar refractivity (Wildman–Crippen MR) is 117 cm³/mol. The minimum atomic E-state index is -2.74. The van der Waals surface area contributed by atoms with Gasteiger partial charge in [-0.05, 0) is 25.2 Å². The first-order valence-electron chi connectivity index (χ1n) is 9.67. The molecule has 180 valence electrons. The summed E-state index contributed by atoms with van der Waals surface area (Å²) in [5.41, 5.74) is -1.56. The van der Waals surface area contributed by atoms with Gasteiger partial charge in [0.2, 0.25) is 0 Å². The van der Waals surface area contributed by atoms with Crippen molar-refractivity contribution in [2.24, 2.45) is 0 Å². The summed E-state index contributed by atoms with van der Waals surface area (Å²) in [6, 6.07) is 7.31. The summed E-state index contributed by atoms with van der Waals surface area (Å²) in [6.45, 7) is 1.84. The Hall–Kier alpha value is -2.79. The number of ether oxygens (including phenoxy) is 1. The number of fused-ring (bicyclic) bond motifs is 1. The summed E-state index contributed by atoms with van der Waals surface area (Å²) in [5, 5.41) is 34.8. The van der Waals surface area contributed by atoms with Gasteiger partial charge < -0.3 is 34.5 Å². The van der Waals surface area contributed by atoms with Crippen LogP contribution < -0.4 is 4.74 Å². The largest absolute Gasteiger partial charge is 0.482 e. The summed E-state index contributed by atoms with van der Waals surface area (Å²) in [7, 11) is 2.10. The second-order valence-electron chi connectivity index (χ2n) is 7.50. The molecular formula is C21H23Cl2NO9. The zero-order chi connectivity index (χ0) is 24.8. The molecule has 1 unspecified atom stereocenters. The van der Waals surface area contributed by atoms with E-state index in [1.54, 1.807) is 18.4 Å². The lowest BCUT2D eigenvalue weighted by molar-refractivity contribution is -0.170. The average Bonchev–Trinajstić information content (AvgIpc) is 3.09. The summed E-state index contributed by atoms with van der Waals surface area (Å²) < 4.78 is 11.7. The number of hydrogen-bond acceptors (Lipinski definition) is 7. The Balaban J connectivity index is 0.000000260. The van der Waals surface area contributed by atoms with Crippen molar-refractivity contribution in [3.05, 3.63) is 51.9 Å². The fourth-order valence-electron chi connectivity index (χ4n) is 3.14. The Labute approximate surface area is 198 Å². The Morgan fingerprint density at radius 1 is 1.12 bits per heavy atom. The van der Waals surface area contributed by atoms with Crippen LogP contribution in [0.1, 0.15) is 36.7 Å². The van der Waals surface area contributed by atoms with Crippen molar-refractivity contribution in [3.63, 3.8) is 0 Å². The van der Waals surface area contributed by atoms with Crippen molar-refractivity contribution in [1.29, 1.82) is 0 Å². The van der Waals surface area contributed by atoms with Crippen molar-refractivity contribution < 1.29 is 44.0 Å². The number of carbonyl (C=O) groups is 3. The number of benzene rings is 1. The van der Waals surface area contributed by atoms with Crippen LogP contribution in [0.25, 0.3) is 0 Å². The van der Waals surface area contributed by atoms with Crippen LogP contribution in [0, 0.1) is 0 Å². The quantitative estimate of drug-likeness (QED) is 0.441. The lowest BCUT2D eigenvalue weighted by atomic mass is 9.96. The van der Waals surface area contributed by atoms with Crippen molar-refractivity contribution in [2.45, 2.75) is 37.5 Å². The van der Waals surface area contributed by atoms with E-state index in [-0.39, 0.29) is 6.10 Å². The molecule has 1 atom stereocenters. The number of rotatable bonds is 7. The molecule has 0 saturated carbocycles. The summed E-state index contributed by atoms with van der Waals surface area (Å²) in [4.78, 5) is 32.7. The first-order valence-corrected chi connectivity index (χ1v) is 10.4. The molecule has 0 spiro atoms. The highest BCUT2D eigenvalue weighted by atomic mass is 35.5. The van der Waals surface area contributed by atoms with Crippen LogP contribution >= 0.6 is 23.2 Å². The van der Waals surface area contributed by atoms with Crippen molar-refractivity contribution >= 4 is 41.1 Å². The number of halogens is 2. The fraction of sp³-hybridized carbons (Fsp3) is 0.381. The van der Waals surface area contributed by atoms with Crippen LogP contribution in [0.5, 0.6) is 5.75 Å². The van der Waals surface area contributed by atoms with Gasteiger partial charge >= 0.3 is 17.9 Å². The third-order valence-electron chi connectivity index (χ3n) is 4.74. The van der Waals surface area contributed by atoms with E-state index in [4.69, 9.17) is 52.8 Å². The van der Waals surface area contributed by atoms with E-state index >= 15 is 0 Å². The van der Waals surface area contributed by atoms with Gasteiger partial charge in [-0.3, -0.25) is 9.59 Å². The molecule has 1 aliphatic heterocycles. The molecular weight excluding hydrogens is 481 g/mol. The zero-order valence-electron chi connectivity index (χ0n) is 17.5. The summed E-state index contributed by atoms with van der Waals surface area (Å²) in [6.07, 6.45) is 0.206. The van der Waals surface area contributed by atoms with Gasteiger partial charge in [0, 0.05) is 31.1 Å². The van der Waals surface area contributed by atoms with Gasteiger partial charge in [-0.2, -0.15) is 0 Å². The molecule has 10 nitrogen and oxygen atoms in total. The Kier molecular flexibility index (Phi) is 9.12. The average molecular weight is 504 g/mol. The van der Waals surface area contributed by atoms with Gasteiger partial charge in [-0.25, -0.2) is 4.79 Å². The Morgan fingerprint density at radius 2 is 1.76 bits per heavy atom. The first kappa shape index (κ1) is 26.5. The Bertz CT molecular complexity index is 991. The lowest BCUT2D eigenvalue weighted by Crippen LogP contribution is -2.42. The maximum Gasteiger partial charge on any atom is 0.336 e. The molecule has 0 fully saturated rings. The number of furan rings is 1. The molecule has 0 aliphatic carbocycles. The predicted octanol–water partition coefficient (Wildman–Crippen LogP) is 3.29. The van der Waals surface area contributed by atoms with Crippen LogP contribution in [0.2, 0.25) is 10.0 Å². The second-order valence-corrected chi connectivity index (χ2v) is 8.31. The standard InChI is InChI=1S/C15H15Cl2NO2.C6H8O7/c1-18-6-4-14(15-10(9-18)5-7-19-15)20-11-2-3-12(16)13(17)8-11;7-3(8)1-6(13,5(11)12)2-4(9)10/h2-3,5,7-8,14H,4,6,9H2,1H3;13H,1-2H2,(H,7,8)(H,9,10)(H,11,12). The maximum absolute atomic E-state index is 10.3. The van der Waals surface area contributed by atoms with E-state index < -0.39 is 36.4 Å². The lowest BCUT2D eigenvalue weighted by Gasteiger charge is -2.18. The topological polar surface area (TPSA) is 158 Å². The molecule has 3 rings (SSSR count). The van der Waals surface area contributed by atoms with Gasteiger partial charge in [0.1, 0.15) is 11.5 Å². The number of carboxylic acid groups (broad SMARTS) is 3. The van der Waals surface area contributed by atoms with E-state index in [2.05, 4.69) is 11.9 Å². The van der Waals surface area contributed by atoms with Crippen molar-refractivity contribution in [2.75, 3.05) is 13.6 Å². The number of hydrogen-bond donors (Lipinski definition) is 4. The minimum absolute atomic E-state index is 0.0952. The third-order valence-corrected chi connectivity index (χ3v) is 5.48. The molecule has 12 heteroatoms. The van der Waals surface area contributed by atoms with Crippen molar-refractivity contribution in [3.8, 4) is 5.75 Å². The van der Waals surface area contributed by atoms with Crippen LogP contribution in [0.15, 0.2) is 34.9 Å². The smallest absolute Gasteiger partial charge is 0.336 e. The molecule has 2 aromatic rings. The zero-order valence-corrected chi connectivity index (χ0v) is 19.0. The number of carboxylic acids is 3. The molecule has 0 radical (unpaired) electrons. The van der Waals surface area contributed by atoms with E-state index in [0.717, 1.165) is 25.3 Å². The highest BCUT2D eigenvalue weighted by Gasteiger charge is 2.40. The fourth-order valence-corrected chi connectivity index (χ4v) is 3.43. The first-order chi connectivity index (χ1) is 15.4. The Morgan fingerprint density at radius 3 is 2.30 bits per heavy atom. The highest BCUT2D eigenvalue weighted by Crippen LogP contribution is 2.33. The van der Waals surface area contributed by atoms with Gasteiger partial charge in [0.15, 0.2) is 11.7 Å². The van der Waals surface area contributed by atoms with Crippen LogP contribution in [-0.2, 0) is 20.9 Å². The molecule has 0 saturated heterocycles. The van der Waals surface area contributed by atoms with E-state index in [0.29, 0.717) is 15.8 Å². The van der Waals surface area contributed by atoms with Crippen molar-refractivity contribution in [1.82, 2.24) is 4.90 Å². The van der Waals surface area contributed by atoms with E-state index in [1.807, 2.05) is 12.1 Å². The minimum Gasteiger partial charge on any atom is -0.482 e.